The molecule has 1 aromatic rings. The predicted molar refractivity (Wildman–Crippen MR) is 108 cm³/mol. The Bertz CT molecular complexity index is 647. The molecule has 0 spiro atoms. The van der Waals surface area contributed by atoms with Gasteiger partial charge in [0.2, 0.25) is 10.0 Å². The number of sulfonamides is 1. The van der Waals surface area contributed by atoms with Crippen LogP contribution in [0.5, 0.6) is 0 Å². The van der Waals surface area contributed by atoms with Crippen LogP contribution in [0.15, 0.2) is 34.2 Å². The fraction of sp³-hybridized carbons (Fsp3) is 0.562. The highest BCUT2D eigenvalue weighted by Crippen LogP contribution is 2.15. The molecule has 2 rings (SSSR count). The third-order valence-corrected chi connectivity index (χ3v) is 5.55. The highest BCUT2D eigenvalue weighted by molar-refractivity contribution is 14.0. The van der Waals surface area contributed by atoms with Gasteiger partial charge in [-0.25, -0.2) is 13.1 Å². The molecule has 1 fully saturated rings. The van der Waals surface area contributed by atoms with E-state index in [0.29, 0.717) is 12.5 Å². The van der Waals surface area contributed by atoms with Crippen LogP contribution in [0.3, 0.4) is 0 Å². The van der Waals surface area contributed by atoms with Gasteiger partial charge in [-0.1, -0.05) is 19.1 Å². The molecule has 8 heteroatoms. The summed E-state index contributed by atoms with van der Waals surface area (Å²) in [5, 5.41) is 3.36. The molecule has 1 aliphatic heterocycles. The van der Waals surface area contributed by atoms with Gasteiger partial charge in [0.25, 0.3) is 0 Å². The van der Waals surface area contributed by atoms with Gasteiger partial charge >= 0.3 is 0 Å². The Morgan fingerprint density at radius 2 is 2.00 bits per heavy atom. The Hall–Kier alpha value is -0.870. The lowest BCUT2D eigenvalue weighted by molar-refractivity contribution is 0.266. The minimum absolute atomic E-state index is 0. The number of guanidine groups is 1. The lowest BCUT2D eigenvalue weighted by Crippen LogP contribution is -2.45. The Labute approximate surface area is 162 Å². The van der Waals surface area contributed by atoms with Crippen LogP contribution in [0.1, 0.15) is 25.3 Å². The number of piperidine rings is 1. The summed E-state index contributed by atoms with van der Waals surface area (Å²) >= 11 is 0. The zero-order chi connectivity index (χ0) is 16.9. The van der Waals surface area contributed by atoms with Crippen LogP contribution in [0.4, 0.5) is 0 Å². The van der Waals surface area contributed by atoms with Crippen LogP contribution in [0.2, 0.25) is 0 Å². The molecule has 0 aliphatic carbocycles. The molecule has 1 heterocycles. The molecule has 1 atom stereocenters. The molecule has 24 heavy (non-hydrogen) atoms. The average molecular weight is 466 g/mol. The maximum absolute atomic E-state index is 11.7. The van der Waals surface area contributed by atoms with Gasteiger partial charge in [-0.2, -0.15) is 0 Å². The van der Waals surface area contributed by atoms with Crippen LogP contribution in [-0.2, 0) is 16.6 Å². The van der Waals surface area contributed by atoms with Gasteiger partial charge in [0.1, 0.15) is 0 Å². The fourth-order valence-electron chi connectivity index (χ4n) is 2.80. The van der Waals surface area contributed by atoms with Gasteiger partial charge < -0.3 is 10.2 Å². The smallest absolute Gasteiger partial charge is 0.240 e. The van der Waals surface area contributed by atoms with Crippen molar-refractivity contribution < 1.29 is 8.42 Å². The topological polar surface area (TPSA) is 73.8 Å². The van der Waals surface area contributed by atoms with Crippen molar-refractivity contribution in [2.24, 2.45) is 10.9 Å². The molecular formula is C16H27IN4O2S. The molecule has 0 radical (unpaired) electrons. The molecule has 0 aromatic heterocycles. The minimum Gasteiger partial charge on any atom is -0.352 e. The molecule has 0 amide bonds. The first-order valence-electron chi connectivity index (χ1n) is 7.94. The Kier molecular flexibility index (Phi) is 8.44. The Balaban J connectivity index is 0.00000288. The van der Waals surface area contributed by atoms with Gasteiger partial charge in [0, 0.05) is 26.7 Å². The van der Waals surface area contributed by atoms with Crippen molar-refractivity contribution in [3.05, 3.63) is 29.8 Å². The number of likely N-dealkylation sites (tertiary alicyclic amines) is 1. The largest absolute Gasteiger partial charge is 0.352 e. The number of benzene rings is 1. The summed E-state index contributed by atoms with van der Waals surface area (Å²) in [7, 11) is -0.170. The molecule has 1 aliphatic rings. The van der Waals surface area contributed by atoms with Gasteiger partial charge in [0.05, 0.1) is 4.90 Å². The monoisotopic (exact) mass is 466 g/mol. The fourth-order valence-corrected chi connectivity index (χ4v) is 3.53. The number of rotatable bonds is 4. The Morgan fingerprint density at radius 3 is 2.54 bits per heavy atom. The van der Waals surface area contributed by atoms with Crippen molar-refractivity contribution in [1.82, 2.24) is 14.9 Å². The summed E-state index contributed by atoms with van der Waals surface area (Å²) in [6.07, 6.45) is 2.47. The maximum Gasteiger partial charge on any atom is 0.240 e. The van der Waals surface area contributed by atoms with Crippen LogP contribution in [0, 0.1) is 5.92 Å². The van der Waals surface area contributed by atoms with E-state index in [4.69, 9.17) is 0 Å². The minimum atomic E-state index is -3.38. The van der Waals surface area contributed by atoms with Crippen molar-refractivity contribution in [3.8, 4) is 0 Å². The van der Waals surface area contributed by atoms with Crippen LogP contribution < -0.4 is 10.0 Å². The van der Waals surface area contributed by atoms with E-state index in [9.17, 15) is 8.42 Å². The first-order valence-corrected chi connectivity index (χ1v) is 9.42. The average Bonchev–Trinajstić information content (AvgIpc) is 2.56. The maximum atomic E-state index is 11.7. The summed E-state index contributed by atoms with van der Waals surface area (Å²) in [6, 6.07) is 6.88. The number of hydrogen-bond acceptors (Lipinski definition) is 3. The normalized spacial score (nSPS) is 18.9. The van der Waals surface area contributed by atoms with Crippen LogP contribution >= 0.6 is 24.0 Å². The summed E-state index contributed by atoms with van der Waals surface area (Å²) in [6.45, 7) is 4.94. The van der Waals surface area contributed by atoms with E-state index in [1.165, 1.54) is 19.9 Å². The van der Waals surface area contributed by atoms with E-state index in [2.05, 4.69) is 26.9 Å². The second-order valence-electron chi connectivity index (χ2n) is 5.95. The molecule has 6 nitrogen and oxygen atoms in total. The third-order valence-electron chi connectivity index (χ3n) is 4.12. The quantitative estimate of drug-likeness (QED) is 0.405. The number of nitrogens with zero attached hydrogens (tertiary/aromatic N) is 2. The van der Waals surface area contributed by atoms with E-state index in [-0.39, 0.29) is 28.9 Å². The molecule has 1 unspecified atom stereocenters. The van der Waals surface area contributed by atoms with E-state index in [0.717, 1.165) is 24.6 Å². The zero-order valence-electron chi connectivity index (χ0n) is 14.4. The molecular weight excluding hydrogens is 439 g/mol. The third kappa shape index (κ3) is 5.59. The Morgan fingerprint density at radius 1 is 1.33 bits per heavy atom. The van der Waals surface area contributed by atoms with Crippen molar-refractivity contribution in [2.75, 3.05) is 27.2 Å². The standard InChI is InChI=1S/C16H26N4O2S.HI/c1-13-5-4-10-20(12-13)16(17-2)19-11-14-6-8-15(9-7-14)23(21,22)18-3;/h6-9,13,18H,4-5,10-12H2,1-3H3,(H,17,19);1H. The molecule has 0 saturated carbocycles. The molecule has 1 saturated heterocycles. The molecule has 2 N–H and O–H groups in total. The number of nitrogens with one attached hydrogen (secondary N) is 2. The van der Waals surface area contributed by atoms with Crippen molar-refractivity contribution in [3.63, 3.8) is 0 Å². The highest BCUT2D eigenvalue weighted by Gasteiger charge is 2.19. The molecule has 0 bridgehead atoms. The van der Waals surface area contributed by atoms with Crippen molar-refractivity contribution >= 4 is 40.0 Å². The van der Waals surface area contributed by atoms with Gasteiger partial charge in [-0.3, -0.25) is 4.99 Å². The number of halogens is 1. The SMILES string of the molecule is CN=C(NCc1ccc(S(=O)(=O)NC)cc1)N1CCCC(C)C1.I. The van der Waals surface area contributed by atoms with Gasteiger partial charge in [-0.05, 0) is 43.5 Å². The van der Waals surface area contributed by atoms with E-state index >= 15 is 0 Å². The van der Waals surface area contributed by atoms with Crippen molar-refractivity contribution in [1.29, 1.82) is 0 Å². The van der Waals surface area contributed by atoms with Crippen LogP contribution in [-0.4, -0.2) is 46.5 Å². The second-order valence-corrected chi connectivity index (χ2v) is 7.83. The van der Waals surface area contributed by atoms with Crippen LogP contribution in [0.25, 0.3) is 0 Å². The van der Waals surface area contributed by atoms with Crippen molar-refractivity contribution in [2.45, 2.75) is 31.2 Å². The predicted octanol–water partition coefficient (Wildman–Crippen LogP) is 2.02. The molecule has 136 valence electrons. The lowest BCUT2D eigenvalue weighted by atomic mass is 10.0. The number of hydrogen-bond donors (Lipinski definition) is 2. The highest BCUT2D eigenvalue weighted by atomic mass is 127. The summed E-state index contributed by atoms with van der Waals surface area (Å²) in [5.41, 5.74) is 1.02. The summed E-state index contributed by atoms with van der Waals surface area (Å²) in [5.74, 6) is 1.59. The summed E-state index contributed by atoms with van der Waals surface area (Å²) in [4.78, 5) is 6.92. The first kappa shape index (κ1) is 21.2. The zero-order valence-corrected chi connectivity index (χ0v) is 17.6. The van der Waals surface area contributed by atoms with Gasteiger partial charge in [0.15, 0.2) is 5.96 Å². The second kappa shape index (κ2) is 9.57. The summed E-state index contributed by atoms with van der Waals surface area (Å²) < 4.78 is 25.7. The van der Waals surface area contributed by atoms with Gasteiger partial charge in [-0.15, -0.1) is 24.0 Å². The number of aliphatic imine (C=N–C) groups is 1. The molecule has 1 aromatic carbocycles. The van der Waals surface area contributed by atoms with E-state index < -0.39 is 10.0 Å². The lowest BCUT2D eigenvalue weighted by Gasteiger charge is -2.33. The van der Waals surface area contributed by atoms with E-state index in [1.807, 2.05) is 12.1 Å². The first-order chi connectivity index (χ1) is 11.0. The van der Waals surface area contributed by atoms with E-state index in [1.54, 1.807) is 19.2 Å².